The van der Waals surface area contributed by atoms with Crippen molar-refractivity contribution in [3.63, 3.8) is 0 Å². The van der Waals surface area contributed by atoms with E-state index >= 15 is 0 Å². The molecule has 0 amide bonds. The first-order valence-corrected chi connectivity index (χ1v) is 7.34. The van der Waals surface area contributed by atoms with E-state index in [-0.39, 0.29) is 0 Å². The molecule has 3 aromatic rings. The van der Waals surface area contributed by atoms with Crippen molar-refractivity contribution in [2.45, 2.75) is 17.7 Å². The van der Waals surface area contributed by atoms with E-state index < -0.39 is 0 Å². The van der Waals surface area contributed by atoms with E-state index in [4.69, 9.17) is 0 Å². The number of aromatic nitrogens is 1. The van der Waals surface area contributed by atoms with Crippen molar-refractivity contribution in [3.05, 3.63) is 71.8 Å². The minimum absolute atomic E-state index is 0.965. The molecular formula is C17H15NS. The Morgan fingerprint density at radius 1 is 0.947 bits per heavy atom. The highest BCUT2D eigenvalue weighted by atomic mass is 32.2. The highest BCUT2D eigenvalue weighted by molar-refractivity contribution is 7.98. The Morgan fingerprint density at radius 2 is 1.84 bits per heavy atom. The van der Waals surface area contributed by atoms with Gasteiger partial charge in [0.1, 0.15) is 0 Å². The molecule has 2 aromatic carbocycles. The first kappa shape index (κ1) is 12.2. The molecule has 94 valence electrons. The van der Waals surface area contributed by atoms with Crippen molar-refractivity contribution in [2.75, 3.05) is 0 Å². The van der Waals surface area contributed by atoms with Crippen LogP contribution in [0.3, 0.4) is 0 Å². The molecule has 0 saturated carbocycles. The number of nitrogens with zero attached hydrogens (tertiary/aromatic N) is 1. The maximum atomic E-state index is 4.68. The second-order valence-electron chi connectivity index (χ2n) is 4.62. The summed E-state index contributed by atoms with van der Waals surface area (Å²) in [4.78, 5) is 4.68. The number of pyridine rings is 1. The van der Waals surface area contributed by atoms with Gasteiger partial charge in [0, 0.05) is 11.1 Å². The molecule has 0 aliphatic carbocycles. The Morgan fingerprint density at radius 3 is 2.74 bits per heavy atom. The lowest BCUT2D eigenvalue weighted by Gasteiger charge is -2.04. The van der Waals surface area contributed by atoms with Crippen LogP contribution in [0.1, 0.15) is 11.1 Å². The first-order valence-electron chi connectivity index (χ1n) is 6.35. The zero-order valence-corrected chi connectivity index (χ0v) is 11.7. The normalized spacial score (nSPS) is 10.8. The molecule has 1 nitrogen and oxygen atoms in total. The van der Waals surface area contributed by atoms with Gasteiger partial charge in [0.2, 0.25) is 0 Å². The molecule has 0 bridgehead atoms. The molecular weight excluding hydrogens is 250 g/mol. The van der Waals surface area contributed by atoms with Gasteiger partial charge in [-0.1, -0.05) is 54.1 Å². The van der Waals surface area contributed by atoms with Crippen molar-refractivity contribution >= 4 is 22.7 Å². The second-order valence-corrected chi connectivity index (χ2v) is 5.62. The summed E-state index contributed by atoms with van der Waals surface area (Å²) in [7, 11) is 0. The first-order chi connectivity index (χ1) is 9.31. The number of hydrogen-bond acceptors (Lipinski definition) is 2. The summed E-state index contributed by atoms with van der Waals surface area (Å²) in [5.74, 6) is 0.965. The number of hydrogen-bond donors (Lipinski definition) is 0. The van der Waals surface area contributed by atoms with E-state index in [1.165, 1.54) is 16.5 Å². The largest absolute Gasteiger partial charge is 0.241 e. The van der Waals surface area contributed by atoms with Gasteiger partial charge in [-0.2, -0.15) is 0 Å². The van der Waals surface area contributed by atoms with Crippen molar-refractivity contribution in [3.8, 4) is 0 Å². The Balaban J connectivity index is 1.78. The molecule has 1 heterocycles. The van der Waals surface area contributed by atoms with Gasteiger partial charge in [-0.15, -0.1) is 11.8 Å². The molecule has 0 saturated heterocycles. The van der Waals surface area contributed by atoms with Gasteiger partial charge < -0.3 is 0 Å². The zero-order valence-electron chi connectivity index (χ0n) is 10.8. The van der Waals surface area contributed by atoms with Crippen LogP contribution in [0.5, 0.6) is 0 Å². The maximum Gasteiger partial charge on any atom is 0.0970 e. The number of rotatable bonds is 3. The molecule has 0 aliphatic rings. The van der Waals surface area contributed by atoms with Crippen LogP contribution in [0.2, 0.25) is 0 Å². The predicted molar refractivity (Wildman–Crippen MR) is 82.5 cm³/mol. The molecule has 1 aromatic heterocycles. The van der Waals surface area contributed by atoms with Gasteiger partial charge in [-0.3, -0.25) is 0 Å². The van der Waals surface area contributed by atoms with Crippen LogP contribution < -0.4 is 0 Å². The quantitative estimate of drug-likeness (QED) is 0.629. The van der Waals surface area contributed by atoms with E-state index in [1.807, 2.05) is 12.1 Å². The van der Waals surface area contributed by atoms with Gasteiger partial charge in [-0.05, 0) is 24.6 Å². The third kappa shape index (κ3) is 2.96. The molecule has 0 fully saturated rings. The summed E-state index contributed by atoms with van der Waals surface area (Å²) < 4.78 is 0. The summed E-state index contributed by atoms with van der Waals surface area (Å²) in [5, 5.41) is 2.28. The van der Waals surface area contributed by atoms with E-state index in [1.54, 1.807) is 11.8 Å². The summed E-state index contributed by atoms with van der Waals surface area (Å²) in [6, 6.07) is 21.1. The number of thioether (sulfide) groups is 1. The SMILES string of the molecule is Cc1cccc(CSc2ccc3ccccc3n2)c1. The summed E-state index contributed by atoms with van der Waals surface area (Å²) in [6.07, 6.45) is 0. The maximum absolute atomic E-state index is 4.68. The van der Waals surface area contributed by atoms with Gasteiger partial charge in [0.05, 0.1) is 10.5 Å². The summed E-state index contributed by atoms with van der Waals surface area (Å²) >= 11 is 1.79. The zero-order chi connectivity index (χ0) is 13.1. The minimum Gasteiger partial charge on any atom is -0.241 e. The molecule has 2 heteroatoms. The smallest absolute Gasteiger partial charge is 0.0970 e. The average Bonchev–Trinajstić information content (AvgIpc) is 2.45. The van der Waals surface area contributed by atoms with Crippen LogP contribution in [-0.2, 0) is 5.75 Å². The van der Waals surface area contributed by atoms with Gasteiger partial charge in [0.15, 0.2) is 0 Å². The van der Waals surface area contributed by atoms with Crippen molar-refractivity contribution in [1.29, 1.82) is 0 Å². The number of para-hydroxylation sites is 1. The van der Waals surface area contributed by atoms with Crippen LogP contribution in [0.25, 0.3) is 10.9 Å². The Labute approximate surface area is 117 Å². The highest BCUT2D eigenvalue weighted by Crippen LogP contribution is 2.23. The minimum atomic E-state index is 0.965. The van der Waals surface area contributed by atoms with Crippen LogP contribution in [0.4, 0.5) is 0 Å². The molecule has 0 unspecified atom stereocenters. The molecule has 0 N–H and O–H groups in total. The van der Waals surface area contributed by atoms with Crippen molar-refractivity contribution in [2.24, 2.45) is 0 Å². The molecule has 0 aliphatic heterocycles. The van der Waals surface area contributed by atoms with E-state index in [9.17, 15) is 0 Å². The predicted octanol–water partition coefficient (Wildman–Crippen LogP) is 4.84. The van der Waals surface area contributed by atoms with E-state index in [2.05, 4.69) is 60.4 Å². The van der Waals surface area contributed by atoms with Crippen molar-refractivity contribution < 1.29 is 0 Å². The number of aryl methyl sites for hydroxylation is 1. The second kappa shape index (κ2) is 5.45. The van der Waals surface area contributed by atoms with Gasteiger partial charge in [0.25, 0.3) is 0 Å². The molecule has 0 atom stereocenters. The molecule has 0 spiro atoms. The highest BCUT2D eigenvalue weighted by Gasteiger charge is 2.00. The Bertz CT molecular complexity index is 706. The lowest BCUT2D eigenvalue weighted by molar-refractivity contribution is 1.18. The standard InChI is InChI=1S/C17H15NS/c1-13-5-4-6-14(11-13)12-19-17-10-9-15-7-2-3-8-16(15)18-17/h2-11H,12H2,1H3. The monoisotopic (exact) mass is 265 g/mol. The average molecular weight is 265 g/mol. The fourth-order valence-corrected chi connectivity index (χ4v) is 2.91. The Hall–Kier alpha value is -1.80. The van der Waals surface area contributed by atoms with E-state index in [0.717, 1.165) is 16.3 Å². The van der Waals surface area contributed by atoms with Crippen LogP contribution in [0.15, 0.2) is 65.7 Å². The van der Waals surface area contributed by atoms with Crippen LogP contribution in [0, 0.1) is 6.92 Å². The molecule has 0 radical (unpaired) electrons. The molecule has 3 rings (SSSR count). The summed E-state index contributed by atoms with van der Waals surface area (Å²) in [6.45, 7) is 2.13. The lowest BCUT2D eigenvalue weighted by atomic mass is 10.2. The number of benzene rings is 2. The fourth-order valence-electron chi connectivity index (χ4n) is 2.09. The van der Waals surface area contributed by atoms with Crippen LogP contribution >= 0.6 is 11.8 Å². The van der Waals surface area contributed by atoms with Crippen LogP contribution in [-0.4, -0.2) is 4.98 Å². The third-order valence-electron chi connectivity index (χ3n) is 3.04. The van der Waals surface area contributed by atoms with E-state index in [0.29, 0.717) is 0 Å². The van der Waals surface area contributed by atoms with Gasteiger partial charge in [-0.25, -0.2) is 4.98 Å². The Kier molecular flexibility index (Phi) is 3.51. The number of fused-ring (bicyclic) bond motifs is 1. The summed E-state index contributed by atoms with van der Waals surface area (Å²) in [5.41, 5.74) is 3.72. The van der Waals surface area contributed by atoms with Crippen molar-refractivity contribution in [1.82, 2.24) is 4.98 Å². The fraction of sp³-hybridized carbons (Fsp3) is 0.118. The topological polar surface area (TPSA) is 12.9 Å². The lowest BCUT2D eigenvalue weighted by Crippen LogP contribution is -1.85. The van der Waals surface area contributed by atoms with Gasteiger partial charge >= 0.3 is 0 Å². The third-order valence-corrected chi connectivity index (χ3v) is 4.04. The molecule has 19 heavy (non-hydrogen) atoms.